The number of furan rings is 1. The highest BCUT2D eigenvalue weighted by atomic mass is 16.5. The molecule has 0 aliphatic carbocycles. The van der Waals surface area contributed by atoms with E-state index in [-0.39, 0.29) is 17.3 Å². The van der Waals surface area contributed by atoms with E-state index in [0.29, 0.717) is 23.3 Å². The largest absolute Gasteiger partial charge is 0.508 e. The molecule has 0 spiro atoms. The maximum atomic E-state index is 12.8. The second-order valence-corrected chi connectivity index (χ2v) is 5.54. The van der Waals surface area contributed by atoms with Gasteiger partial charge in [0.1, 0.15) is 17.1 Å². The van der Waals surface area contributed by atoms with Gasteiger partial charge < -0.3 is 14.3 Å². The molecule has 0 radical (unpaired) electrons. The number of aryl methyl sites for hydroxylation is 1. The molecule has 0 fully saturated rings. The Morgan fingerprint density at radius 2 is 1.96 bits per heavy atom. The van der Waals surface area contributed by atoms with Gasteiger partial charge in [0.2, 0.25) is 5.78 Å². The molecule has 0 atom stereocenters. The first-order valence-corrected chi connectivity index (χ1v) is 7.60. The van der Waals surface area contributed by atoms with Crippen LogP contribution in [0.4, 0.5) is 0 Å². The topological polar surface area (TPSA) is 59.7 Å². The lowest BCUT2D eigenvalue weighted by atomic mass is 9.99. The minimum atomic E-state index is -0.199. The van der Waals surface area contributed by atoms with Crippen LogP contribution in [0.3, 0.4) is 0 Å². The van der Waals surface area contributed by atoms with Crippen molar-refractivity contribution in [3.8, 4) is 11.5 Å². The van der Waals surface area contributed by atoms with Gasteiger partial charge in [-0.25, -0.2) is 0 Å². The molecule has 1 N–H and O–H groups in total. The van der Waals surface area contributed by atoms with Crippen LogP contribution < -0.4 is 4.74 Å². The zero-order valence-electron chi connectivity index (χ0n) is 13.6. The van der Waals surface area contributed by atoms with E-state index in [1.54, 1.807) is 49.6 Å². The number of fused-ring (bicyclic) bond motifs is 1. The summed E-state index contributed by atoms with van der Waals surface area (Å²) in [6.07, 6.45) is 2.21. The molecule has 0 amide bonds. The Labute approximate surface area is 140 Å². The zero-order chi connectivity index (χ0) is 17.3. The van der Waals surface area contributed by atoms with Crippen LogP contribution in [0.5, 0.6) is 11.5 Å². The van der Waals surface area contributed by atoms with Crippen molar-refractivity contribution in [2.75, 3.05) is 7.11 Å². The van der Waals surface area contributed by atoms with Crippen LogP contribution in [0.1, 0.15) is 27.2 Å². The molecule has 0 unspecified atom stereocenters. The van der Waals surface area contributed by atoms with Gasteiger partial charge >= 0.3 is 0 Å². The number of carbonyl (C=O) groups is 1. The zero-order valence-corrected chi connectivity index (χ0v) is 13.6. The molecule has 0 aliphatic rings. The van der Waals surface area contributed by atoms with E-state index in [4.69, 9.17) is 9.15 Å². The Balaban J connectivity index is 2.12. The quantitative estimate of drug-likeness (QED) is 0.558. The number of aromatic hydroxyl groups is 1. The van der Waals surface area contributed by atoms with Crippen molar-refractivity contribution in [2.45, 2.75) is 13.3 Å². The fourth-order valence-electron chi connectivity index (χ4n) is 2.85. The molecule has 3 aromatic rings. The van der Waals surface area contributed by atoms with E-state index < -0.39 is 0 Å². The number of rotatable bonds is 5. The number of hydrogen-bond donors (Lipinski definition) is 1. The molecular weight excluding hydrogens is 304 g/mol. The Morgan fingerprint density at radius 3 is 2.58 bits per heavy atom. The maximum Gasteiger partial charge on any atom is 0.228 e. The number of phenolic OH excluding ortho intramolecular Hbond substituents is 1. The minimum absolute atomic E-state index is 0.176. The molecule has 4 nitrogen and oxygen atoms in total. The summed E-state index contributed by atoms with van der Waals surface area (Å²) in [5, 5.41) is 10.9. The number of ether oxygens (including phenoxy) is 1. The van der Waals surface area contributed by atoms with Gasteiger partial charge in [-0.2, -0.15) is 0 Å². The van der Waals surface area contributed by atoms with Gasteiger partial charge in [-0.05, 0) is 49.7 Å². The number of hydrogen-bond acceptors (Lipinski definition) is 4. The summed E-state index contributed by atoms with van der Waals surface area (Å²) < 4.78 is 10.9. The number of methoxy groups -OCH3 is 1. The van der Waals surface area contributed by atoms with Crippen LogP contribution in [-0.4, -0.2) is 18.0 Å². The van der Waals surface area contributed by atoms with Crippen LogP contribution in [0.25, 0.3) is 11.0 Å². The number of ketones is 1. The molecule has 2 aromatic carbocycles. The monoisotopic (exact) mass is 322 g/mol. The van der Waals surface area contributed by atoms with E-state index in [1.807, 2.05) is 6.92 Å². The molecular formula is C20H18O4. The smallest absolute Gasteiger partial charge is 0.228 e. The van der Waals surface area contributed by atoms with Gasteiger partial charge in [0.05, 0.1) is 7.11 Å². The van der Waals surface area contributed by atoms with Crippen molar-refractivity contribution >= 4 is 16.8 Å². The number of phenols is 1. The van der Waals surface area contributed by atoms with E-state index in [0.717, 1.165) is 16.5 Å². The van der Waals surface area contributed by atoms with Crippen molar-refractivity contribution in [1.82, 2.24) is 0 Å². The first kappa shape index (κ1) is 15.9. The van der Waals surface area contributed by atoms with Gasteiger partial charge in [0, 0.05) is 22.1 Å². The normalized spacial score (nSPS) is 10.8. The number of benzene rings is 2. The van der Waals surface area contributed by atoms with Crippen molar-refractivity contribution in [3.05, 3.63) is 71.5 Å². The molecule has 4 heteroatoms. The molecule has 0 saturated heterocycles. The molecule has 0 saturated carbocycles. The third-order valence-corrected chi connectivity index (χ3v) is 4.08. The van der Waals surface area contributed by atoms with Crippen molar-refractivity contribution in [3.63, 3.8) is 0 Å². The number of allylic oxidation sites excluding steroid dienone is 1. The van der Waals surface area contributed by atoms with E-state index in [9.17, 15) is 9.90 Å². The molecule has 1 heterocycles. The SMILES string of the molecule is C=CCc1c(O)ccc2oc(C(=O)c3ccc(OC)cc3)c(C)c12. The average Bonchev–Trinajstić information content (AvgIpc) is 2.94. The van der Waals surface area contributed by atoms with Crippen LogP contribution in [0.15, 0.2) is 53.5 Å². The highest BCUT2D eigenvalue weighted by molar-refractivity contribution is 6.11. The number of carbonyl (C=O) groups excluding carboxylic acids is 1. The van der Waals surface area contributed by atoms with Gasteiger partial charge in [-0.1, -0.05) is 6.08 Å². The minimum Gasteiger partial charge on any atom is -0.508 e. The summed E-state index contributed by atoms with van der Waals surface area (Å²) in [6, 6.07) is 10.1. The summed E-state index contributed by atoms with van der Waals surface area (Å²) in [7, 11) is 1.58. The maximum absolute atomic E-state index is 12.8. The molecule has 24 heavy (non-hydrogen) atoms. The Hall–Kier alpha value is -3.01. The van der Waals surface area contributed by atoms with Crippen molar-refractivity contribution in [1.29, 1.82) is 0 Å². The van der Waals surface area contributed by atoms with Crippen LogP contribution >= 0.6 is 0 Å². The highest BCUT2D eigenvalue weighted by Crippen LogP contribution is 2.35. The third kappa shape index (κ3) is 2.56. The van der Waals surface area contributed by atoms with Crippen LogP contribution in [0.2, 0.25) is 0 Å². The van der Waals surface area contributed by atoms with E-state index >= 15 is 0 Å². The molecule has 3 rings (SSSR count). The predicted octanol–water partition coefficient (Wildman–Crippen LogP) is 4.41. The Kier molecular flexibility index (Phi) is 4.13. The third-order valence-electron chi connectivity index (χ3n) is 4.08. The fourth-order valence-corrected chi connectivity index (χ4v) is 2.85. The lowest BCUT2D eigenvalue weighted by molar-refractivity contribution is 0.101. The lowest BCUT2D eigenvalue weighted by Gasteiger charge is -2.04. The fraction of sp³-hybridized carbons (Fsp3) is 0.150. The summed E-state index contributed by atoms with van der Waals surface area (Å²) in [5.74, 6) is 0.947. The lowest BCUT2D eigenvalue weighted by Crippen LogP contribution is -2.01. The van der Waals surface area contributed by atoms with E-state index in [1.165, 1.54) is 0 Å². The molecule has 0 bridgehead atoms. The van der Waals surface area contributed by atoms with Gasteiger partial charge in [0.25, 0.3) is 0 Å². The summed E-state index contributed by atoms with van der Waals surface area (Å²) in [6.45, 7) is 5.55. The standard InChI is InChI=1S/C20H18O4/c1-4-5-15-16(21)10-11-17-18(15)12(2)20(24-17)19(22)13-6-8-14(23-3)9-7-13/h4,6-11,21H,1,5H2,2-3H3. The Bertz CT molecular complexity index is 917. The Morgan fingerprint density at radius 1 is 1.25 bits per heavy atom. The van der Waals surface area contributed by atoms with Crippen molar-refractivity contribution in [2.24, 2.45) is 0 Å². The first-order valence-electron chi connectivity index (χ1n) is 7.60. The first-order chi connectivity index (χ1) is 11.6. The molecule has 0 aliphatic heterocycles. The van der Waals surface area contributed by atoms with Crippen LogP contribution in [-0.2, 0) is 6.42 Å². The van der Waals surface area contributed by atoms with E-state index in [2.05, 4.69) is 6.58 Å². The summed E-state index contributed by atoms with van der Waals surface area (Å²) >= 11 is 0. The second kappa shape index (κ2) is 6.24. The molecule has 1 aromatic heterocycles. The molecule has 122 valence electrons. The average molecular weight is 322 g/mol. The summed E-state index contributed by atoms with van der Waals surface area (Å²) in [5.41, 5.74) is 2.54. The second-order valence-electron chi connectivity index (χ2n) is 5.54. The van der Waals surface area contributed by atoms with Gasteiger partial charge in [-0.3, -0.25) is 4.79 Å². The predicted molar refractivity (Wildman–Crippen MR) is 92.9 cm³/mol. The summed E-state index contributed by atoms with van der Waals surface area (Å²) in [4.78, 5) is 12.8. The highest BCUT2D eigenvalue weighted by Gasteiger charge is 2.22. The van der Waals surface area contributed by atoms with Crippen LogP contribution in [0, 0.1) is 6.92 Å². The van der Waals surface area contributed by atoms with Crippen molar-refractivity contribution < 1.29 is 19.1 Å². The van der Waals surface area contributed by atoms with Gasteiger partial charge in [0.15, 0.2) is 5.76 Å². The van der Waals surface area contributed by atoms with Gasteiger partial charge in [-0.15, -0.1) is 6.58 Å².